The molecule has 0 saturated heterocycles. The van der Waals surface area contributed by atoms with Gasteiger partial charge in [-0.3, -0.25) is 4.79 Å². The maximum atomic E-state index is 12.7. The average Bonchev–Trinajstić information content (AvgIpc) is 3.13. The maximum Gasteiger partial charge on any atom is 0.330 e. The van der Waals surface area contributed by atoms with Crippen LogP contribution in [0.25, 0.3) is 0 Å². The van der Waals surface area contributed by atoms with Gasteiger partial charge in [0, 0.05) is 12.0 Å². The van der Waals surface area contributed by atoms with Gasteiger partial charge in [0.05, 0.1) is 19.8 Å². The number of benzene rings is 2. The van der Waals surface area contributed by atoms with Crippen molar-refractivity contribution in [3.05, 3.63) is 53.1 Å². The Labute approximate surface area is 163 Å². The van der Waals surface area contributed by atoms with Gasteiger partial charge in [-0.1, -0.05) is 6.07 Å². The van der Waals surface area contributed by atoms with Gasteiger partial charge >= 0.3 is 5.97 Å². The lowest BCUT2D eigenvalue weighted by Gasteiger charge is -2.17. The molecular weight excluding hydrogens is 362 g/mol. The van der Waals surface area contributed by atoms with Crippen LogP contribution in [0.5, 0.6) is 17.2 Å². The van der Waals surface area contributed by atoms with E-state index in [1.165, 1.54) is 13.2 Å². The number of carbonyl (C=O) groups is 2. The van der Waals surface area contributed by atoms with E-state index in [2.05, 4.69) is 5.32 Å². The quantitative estimate of drug-likeness (QED) is 0.761. The van der Waals surface area contributed by atoms with Gasteiger partial charge in [0.25, 0.3) is 5.91 Å². The highest BCUT2D eigenvalue weighted by Gasteiger charge is 2.25. The predicted molar refractivity (Wildman–Crippen MR) is 102 cm³/mol. The van der Waals surface area contributed by atoms with Crippen molar-refractivity contribution < 1.29 is 28.9 Å². The summed E-state index contributed by atoms with van der Waals surface area (Å²) in [5.74, 6) is 0.0209. The molecule has 0 aromatic heterocycles. The molecule has 7 nitrogen and oxygen atoms in total. The topological polar surface area (TPSA) is 94.1 Å². The Balaban J connectivity index is 1.82. The van der Waals surface area contributed by atoms with Crippen LogP contribution in [0.15, 0.2) is 36.4 Å². The fourth-order valence-corrected chi connectivity index (χ4v) is 3.05. The molecule has 0 radical (unpaired) electrons. The van der Waals surface area contributed by atoms with Crippen molar-refractivity contribution in [3.8, 4) is 17.2 Å². The van der Waals surface area contributed by atoms with Crippen molar-refractivity contribution in [2.75, 3.05) is 13.7 Å². The smallest absolute Gasteiger partial charge is 0.330 e. The van der Waals surface area contributed by atoms with Gasteiger partial charge in [-0.15, -0.1) is 0 Å². The summed E-state index contributed by atoms with van der Waals surface area (Å²) in [6.07, 6.45) is 0.673. The fraction of sp³-hybridized carbons (Fsp3) is 0.333. The van der Waals surface area contributed by atoms with Crippen molar-refractivity contribution in [1.82, 2.24) is 5.32 Å². The van der Waals surface area contributed by atoms with Crippen LogP contribution in [-0.2, 0) is 11.2 Å². The minimum absolute atomic E-state index is 0.0474. The first kappa shape index (κ1) is 19.5. The van der Waals surface area contributed by atoms with E-state index in [0.717, 1.165) is 17.7 Å². The summed E-state index contributed by atoms with van der Waals surface area (Å²) in [6, 6.07) is 8.73. The first-order valence-corrected chi connectivity index (χ1v) is 9.03. The van der Waals surface area contributed by atoms with E-state index in [1.807, 2.05) is 13.8 Å². The van der Waals surface area contributed by atoms with E-state index in [9.17, 15) is 14.7 Å². The number of hydrogen-bond acceptors (Lipinski definition) is 5. The van der Waals surface area contributed by atoms with Crippen molar-refractivity contribution in [2.45, 2.75) is 32.4 Å². The minimum atomic E-state index is -1.17. The molecule has 148 valence electrons. The summed E-state index contributed by atoms with van der Waals surface area (Å²) < 4.78 is 16.4. The number of carbonyl (C=O) groups excluding carboxylic acids is 1. The summed E-state index contributed by atoms with van der Waals surface area (Å²) in [5.41, 5.74) is 1.72. The highest BCUT2D eigenvalue weighted by Crippen LogP contribution is 2.30. The zero-order valence-electron chi connectivity index (χ0n) is 16.0. The van der Waals surface area contributed by atoms with Crippen molar-refractivity contribution in [3.63, 3.8) is 0 Å². The zero-order chi connectivity index (χ0) is 20.3. The molecule has 7 heteroatoms. The Morgan fingerprint density at radius 2 is 1.93 bits per heavy atom. The van der Waals surface area contributed by atoms with Crippen LogP contribution in [0.3, 0.4) is 0 Å². The first-order valence-electron chi connectivity index (χ1n) is 9.03. The number of amides is 1. The molecule has 2 aromatic carbocycles. The Bertz CT molecular complexity index is 892. The average molecular weight is 385 g/mol. The number of methoxy groups -OCH3 is 1. The molecule has 1 amide bonds. The number of rotatable bonds is 7. The zero-order valence-corrected chi connectivity index (χ0v) is 16.0. The number of nitrogens with one attached hydrogen (secondary N) is 1. The summed E-state index contributed by atoms with van der Waals surface area (Å²) in [6.45, 7) is 4.35. The molecule has 1 aliphatic heterocycles. The highest BCUT2D eigenvalue weighted by atomic mass is 16.5. The second-order valence-corrected chi connectivity index (χ2v) is 6.74. The Hall–Kier alpha value is -3.22. The lowest BCUT2D eigenvalue weighted by molar-refractivity contribution is -0.139. The van der Waals surface area contributed by atoms with Crippen molar-refractivity contribution in [1.29, 1.82) is 0 Å². The summed E-state index contributed by atoms with van der Waals surface area (Å²) in [5, 5.41) is 12.2. The standard InChI is InChI=1S/C21H23NO6/c1-12(2)28-17-7-5-15(11-18(17)26-3)20(23)22-19(21(24)25)14-4-6-16-13(10-14)8-9-27-16/h4-7,10-12,19H,8-9H2,1-3H3,(H,22,23)(H,24,25). The van der Waals surface area contributed by atoms with Crippen LogP contribution in [0, 0.1) is 0 Å². The second kappa shape index (κ2) is 8.21. The van der Waals surface area contributed by atoms with E-state index >= 15 is 0 Å². The molecule has 1 atom stereocenters. The highest BCUT2D eigenvalue weighted by molar-refractivity contribution is 5.97. The van der Waals surface area contributed by atoms with Crippen LogP contribution in [0.1, 0.15) is 41.4 Å². The van der Waals surface area contributed by atoms with Gasteiger partial charge in [0.15, 0.2) is 17.5 Å². The SMILES string of the molecule is COc1cc(C(=O)NC(C(=O)O)c2ccc3c(c2)CCO3)ccc1OC(C)C. The number of carboxylic acids is 1. The number of carboxylic acid groups (broad SMARTS) is 1. The summed E-state index contributed by atoms with van der Waals surface area (Å²) in [4.78, 5) is 24.4. The maximum absolute atomic E-state index is 12.7. The van der Waals surface area contributed by atoms with Crippen LogP contribution in [0.4, 0.5) is 0 Å². The molecule has 1 unspecified atom stereocenters. The van der Waals surface area contributed by atoms with Crippen molar-refractivity contribution in [2.24, 2.45) is 0 Å². The molecule has 2 N–H and O–H groups in total. The minimum Gasteiger partial charge on any atom is -0.493 e. The third-order valence-corrected chi connectivity index (χ3v) is 4.36. The number of fused-ring (bicyclic) bond motifs is 1. The van der Waals surface area contributed by atoms with Crippen molar-refractivity contribution >= 4 is 11.9 Å². The van der Waals surface area contributed by atoms with Crippen LogP contribution in [0.2, 0.25) is 0 Å². The fourth-order valence-electron chi connectivity index (χ4n) is 3.05. The van der Waals surface area contributed by atoms with Gasteiger partial charge in [0.1, 0.15) is 5.75 Å². The molecule has 1 aliphatic rings. The van der Waals surface area contributed by atoms with Gasteiger partial charge in [0.2, 0.25) is 0 Å². The van der Waals surface area contributed by atoms with E-state index in [0.29, 0.717) is 23.7 Å². The molecule has 28 heavy (non-hydrogen) atoms. The lowest BCUT2D eigenvalue weighted by Crippen LogP contribution is -2.33. The molecule has 0 bridgehead atoms. The van der Waals surface area contributed by atoms with E-state index in [-0.39, 0.29) is 11.7 Å². The number of aliphatic carboxylic acids is 1. The molecule has 1 heterocycles. The number of hydrogen-bond donors (Lipinski definition) is 2. The van der Waals surface area contributed by atoms with Gasteiger partial charge < -0.3 is 24.6 Å². The third kappa shape index (κ3) is 4.19. The van der Waals surface area contributed by atoms with Gasteiger partial charge in [-0.05, 0) is 55.3 Å². The van der Waals surface area contributed by atoms with Gasteiger partial charge in [-0.25, -0.2) is 4.79 Å². The Morgan fingerprint density at radius 1 is 1.14 bits per heavy atom. The lowest BCUT2D eigenvalue weighted by atomic mass is 10.0. The van der Waals surface area contributed by atoms with E-state index < -0.39 is 17.9 Å². The molecule has 0 spiro atoms. The van der Waals surface area contributed by atoms with Gasteiger partial charge in [-0.2, -0.15) is 0 Å². The van der Waals surface area contributed by atoms with E-state index in [1.54, 1.807) is 30.3 Å². The normalized spacial score (nSPS) is 13.4. The molecule has 0 aliphatic carbocycles. The predicted octanol–water partition coefficient (Wildman–Crippen LogP) is 2.97. The molecule has 2 aromatic rings. The second-order valence-electron chi connectivity index (χ2n) is 6.74. The Kier molecular flexibility index (Phi) is 5.73. The van der Waals surface area contributed by atoms with Crippen LogP contribution in [-0.4, -0.2) is 36.8 Å². The molecule has 0 saturated carbocycles. The molecule has 3 rings (SSSR count). The van der Waals surface area contributed by atoms with E-state index in [4.69, 9.17) is 14.2 Å². The first-order chi connectivity index (χ1) is 13.4. The third-order valence-electron chi connectivity index (χ3n) is 4.36. The Morgan fingerprint density at radius 3 is 2.61 bits per heavy atom. The summed E-state index contributed by atoms with van der Waals surface area (Å²) in [7, 11) is 1.48. The molecule has 0 fully saturated rings. The van der Waals surface area contributed by atoms with Crippen LogP contribution >= 0.6 is 0 Å². The van der Waals surface area contributed by atoms with Crippen LogP contribution < -0.4 is 19.5 Å². The summed E-state index contributed by atoms with van der Waals surface area (Å²) >= 11 is 0. The number of ether oxygens (including phenoxy) is 3. The molecular formula is C21H23NO6. The largest absolute Gasteiger partial charge is 0.493 e. The monoisotopic (exact) mass is 385 g/mol.